The summed E-state index contributed by atoms with van der Waals surface area (Å²) in [7, 11) is 0. The Morgan fingerprint density at radius 1 is 1.17 bits per heavy atom. The summed E-state index contributed by atoms with van der Waals surface area (Å²) >= 11 is 6.89. The first-order chi connectivity index (χ1) is 5.38. The molecule has 0 aromatic rings. The first-order valence-electron chi connectivity index (χ1n) is 2.14. The van der Waals surface area contributed by atoms with Gasteiger partial charge < -0.3 is 11.5 Å². The third kappa shape index (κ3) is 1860. The molecule has 0 aromatic carbocycles. The minimum absolute atomic E-state index is 0.569. The third-order valence-electron chi connectivity index (χ3n) is 0.0556. The lowest BCUT2D eigenvalue weighted by atomic mass is 11.5. The second kappa shape index (κ2) is 16.9. The number of amides is 2. The summed E-state index contributed by atoms with van der Waals surface area (Å²) in [4.78, 5) is 27.2. The first kappa shape index (κ1) is 17.6. The molecule has 9 heteroatoms. The molecule has 0 aliphatic heterocycles. The molecule has 0 rings (SSSR count). The summed E-state index contributed by atoms with van der Waals surface area (Å²) < 4.78 is 0. The van der Waals surface area contributed by atoms with Crippen molar-refractivity contribution < 1.29 is 14.4 Å². The standard InChI is InChI=1S/3CH3NOS/c2-4-1-3;2*2-1(3)4/h1H,2H2;2*(H3,2,3,4). The van der Waals surface area contributed by atoms with Crippen LogP contribution < -0.4 is 16.6 Å². The molecule has 0 unspecified atom stereocenters. The fourth-order valence-corrected chi connectivity index (χ4v) is 0. The molecular weight excluding hydrogens is 222 g/mol. The Kier molecular flexibility index (Phi) is 24.9. The summed E-state index contributed by atoms with van der Waals surface area (Å²) in [6.45, 7) is 0. The number of hydrogen-bond acceptors (Lipinski definition) is 5. The smallest absolute Gasteiger partial charge is 0.273 e. The fraction of sp³-hybridized carbons (Fsp3) is 0. The van der Waals surface area contributed by atoms with E-state index in [4.69, 9.17) is 14.4 Å². The van der Waals surface area contributed by atoms with Crippen molar-refractivity contribution >= 4 is 53.3 Å². The molecule has 0 spiro atoms. The molecule has 0 aromatic heterocycles. The van der Waals surface area contributed by atoms with Gasteiger partial charge in [0.1, 0.15) is 0 Å². The Balaban J connectivity index is -0.000000101. The van der Waals surface area contributed by atoms with Crippen molar-refractivity contribution in [2.24, 2.45) is 16.6 Å². The molecule has 0 aliphatic carbocycles. The Hall–Kier alpha value is -0.380. The molecule has 0 aliphatic rings. The summed E-state index contributed by atoms with van der Waals surface area (Å²) in [5.41, 5.74) is 9.24. The Bertz CT molecular complexity index is 122. The lowest BCUT2D eigenvalue weighted by Crippen LogP contribution is -1.95. The van der Waals surface area contributed by atoms with Gasteiger partial charge in [-0.25, -0.2) is 0 Å². The van der Waals surface area contributed by atoms with E-state index in [1.165, 1.54) is 0 Å². The van der Waals surface area contributed by atoms with Crippen LogP contribution in [0.1, 0.15) is 0 Å². The van der Waals surface area contributed by atoms with Gasteiger partial charge in [0.15, 0.2) is 5.62 Å². The molecule has 6 nitrogen and oxygen atoms in total. The Morgan fingerprint density at radius 2 is 1.25 bits per heavy atom. The molecule has 6 N–H and O–H groups in total. The molecule has 0 atom stereocenters. The molecule has 2 amide bonds. The quantitative estimate of drug-likeness (QED) is 0.242. The van der Waals surface area contributed by atoms with Crippen molar-refractivity contribution in [3.05, 3.63) is 0 Å². The van der Waals surface area contributed by atoms with Crippen LogP contribution in [0.4, 0.5) is 9.59 Å². The molecule has 0 fully saturated rings. The molecule has 0 bridgehead atoms. The van der Waals surface area contributed by atoms with Crippen LogP contribution in [0.5, 0.6) is 0 Å². The maximum absolute atomic E-state index is 9.09. The van der Waals surface area contributed by atoms with E-state index in [1.807, 2.05) is 0 Å². The van der Waals surface area contributed by atoms with Crippen molar-refractivity contribution in [3.63, 3.8) is 0 Å². The van der Waals surface area contributed by atoms with Crippen LogP contribution in [0, 0.1) is 0 Å². The van der Waals surface area contributed by atoms with Crippen molar-refractivity contribution in [3.8, 4) is 0 Å². The lowest BCUT2D eigenvalue weighted by Gasteiger charge is -1.59. The van der Waals surface area contributed by atoms with Gasteiger partial charge in [0.2, 0.25) is 0 Å². The van der Waals surface area contributed by atoms with Crippen LogP contribution in [0.25, 0.3) is 0 Å². The Morgan fingerprint density at radius 3 is 1.25 bits per heavy atom. The van der Waals surface area contributed by atoms with Gasteiger partial charge in [0.05, 0.1) is 0 Å². The average Bonchev–Trinajstić information content (AvgIpc) is 1.85. The molecule has 0 heterocycles. The van der Waals surface area contributed by atoms with E-state index in [0.717, 1.165) is 0 Å². The fourth-order valence-electron chi connectivity index (χ4n) is 0. The highest BCUT2D eigenvalue weighted by molar-refractivity contribution is 8.09. The molecule has 12 heavy (non-hydrogen) atoms. The average molecular weight is 231 g/mol. The van der Waals surface area contributed by atoms with Gasteiger partial charge in [-0.15, -0.1) is 0 Å². The van der Waals surface area contributed by atoms with Crippen LogP contribution in [0.15, 0.2) is 0 Å². The highest BCUT2D eigenvalue weighted by atomic mass is 32.2. The van der Waals surface area contributed by atoms with Gasteiger partial charge in [-0.3, -0.25) is 19.5 Å². The molecule has 72 valence electrons. The van der Waals surface area contributed by atoms with Crippen LogP contribution in [0.2, 0.25) is 0 Å². The molecule has 0 saturated carbocycles. The van der Waals surface area contributed by atoms with E-state index in [1.54, 1.807) is 0 Å². The topological polar surface area (TPSA) is 129 Å². The summed E-state index contributed by atoms with van der Waals surface area (Å²) in [6, 6.07) is 0. The minimum atomic E-state index is -0.639. The third-order valence-corrected chi connectivity index (χ3v) is 0.167. The second-order valence-corrected chi connectivity index (χ2v) is 2.25. The molecular formula is C3H9N3O3S3. The number of primary amides is 2. The number of rotatable bonds is 1. The van der Waals surface area contributed by atoms with Crippen molar-refractivity contribution in [2.75, 3.05) is 0 Å². The van der Waals surface area contributed by atoms with E-state index >= 15 is 0 Å². The predicted octanol–water partition coefficient (Wildman–Crippen LogP) is -0.227. The molecule has 0 saturated heterocycles. The van der Waals surface area contributed by atoms with E-state index in [0.29, 0.717) is 17.6 Å². The van der Waals surface area contributed by atoms with E-state index in [9.17, 15) is 0 Å². The van der Waals surface area contributed by atoms with Crippen LogP contribution in [-0.2, 0) is 4.79 Å². The number of carbonyl (C=O) groups is 3. The van der Waals surface area contributed by atoms with Gasteiger partial charge in [-0.1, -0.05) is 25.3 Å². The SMILES string of the molecule is NC(=O)S.NC(=O)S.NSC=O. The van der Waals surface area contributed by atoms with Crippen LogP contribution in [-0.4, -0.2) is 16.1 Å². The van der Waals surface area contributed by atoms with Gasteiger partial charge in [0, 0.05) is 0 Å². The second-order valence-electron chi connectivity index (χ2n) is 0.909. The van der Waals surface area contributed by atoms with E-state index < -0.39 is 10.5 Å². The summed E-state index contributed by atoms with van der Waals surface area (Å²) in [6.07, 6.45) is 0. The minimum Gasteiger partial charge on any atom is -0.361 e. The summed E-state index contributed by atoms with van der Waals surface area (Å²) in [5, 5.41) is 3.30. The van der Waals surface area contributed by atoms with E-state index in [2.05, 4.69) is 41.9 Å². The number of nitrogens with two attached hydrogens (primary N) is 3. The largest absolute Gasteiger partial charge is 0.361 e. The van der Waals surface area contributed by atoms with Crippen LogP contribution in [0.3, 0.4) is 0 Å². The van der Waals surface area contributed by atoms with Crippen molar-refractivity contribution in [1.29, 1.82) is 0 Å². The Labute approximate surface area is 84.6 Å². The lowest BCUT2D eigenvalue weighted by molar-refractivity contribution is 0.266. The molecule has 0 radical (unpaired) electrons. The predicted molar refractivity (Wildman–Crippen MR) is 55.7 cm³/mol. The number of thiol groups is 2. The zero-order chi connectivity index (χ0) is 10.6. The van der Waals surface area contributed by atoms with Gasteiger partial charge in [-0.2, -0.15) is 0 Å². The highest BCUT2D eigenvalue weighted by Gasteiger charge is 1.63. The highest BCUT2D eigenvalue weighted by Crippen LogP contribution is 1.64. The van der Waals surface area contributed by atoms with E-state index in [-0.39, 0.29) is 0 Å². The zero-order valence-corrected chi connectivity index (χ0v) is 8.44. The first-order valence-corrected chi connectivity index (χ1v) is 3.98. The normalized spacial score (nSPS) is 6.25. The van der Waals surface area contributed by atoms with Crippen molar-refractivity contribution in [2.45, 2.75) is 0 Å². The van der Waals surface area contributed by atoms with Crippen molar-refractivity contribution in [1.82, 2.24) is 0 Å². The van der Waals surface area contributed by atoms with Crippen LogP contribution >= 0.6 is 37.2 Å². The zero-order valence-electron chi connectivity index (χ0n) is 5.84. The van der Waals surface area contributed by atoms with Gasteiger partial charge >= 0.3 is 0 Å². The maximum Gasteiger partial charge on any atom is 0.273 e. The number of carbonyl (C=O) groups excluding carboxylic acids is 3. The maximum atomic E-state index is 9.09. The van der Waals surface area contributed by atoms with Gasteiger partial charge in [0.25, 0.3) is 10.5 Å². The number of hydrogen-bond donors (Lipinski definition) is 5. The van der Waals surface area contributed by atoms with Gasteiger partial charge in [-0.05, 0) is 11.9 Å². The summed E-state index contributed by atoms with van der Waals surface area (Å²) in [5.74, 6) is 0. The monoisotopic (exact) mass is 231 g/mol.